The van der Waals surface area contributed by atoms with Gasteiger partial charge in [0.25, 0.3) is 11.8 Å². The third-order valence-electron chi connectivity index (χ3n) is 7.66. The van der Waals surface area contributed by atoms with E-state index in [1.54, 1.807) is 45.3 Å². The maximum atomic E-state index is 12.8. The quantitative estimate of drug-likeness (QED) is 0.119. The molecule has 0 bridgehead atoms. The van der Waals surface area contributed by atoms with Crippen molar-refractivity contribution >= 4 is 79.8 Å². The Balaban J connectivity index is 1.12. The van der Waals surface area contributed by atoms with Gasteiger partial charge in [0.15, 0.2) is 0 Å². The molecule has 6 aromatic rings. The summed E-state index contributed by atoms with van der Waals surface area (Å²) in [5.74, 6) is 0.216. The molecule has 0 radical (unpaired) electrons. The summed E-state index contributed by atoms with van der Waals surface area (Å²) in [6.07, 6.45) is 4.21. The lowest BCUT2D eigenvalue weighted by Gasteiger charge is -2.15. The second-order valence-electron chi connectivity index (χ2n) is 11.1. The van der Waals surface area contributed by atoms with E-state index in [-0.39, 0.29) is 11.8 Å². The predicted molar refractivity (Wildman–Crippen MR) is 205 cm³/mol. The third-order valence-corrected chi connectivity index (χ3v) is 15.1. The van der Waals surface area contributed by atoms with Crippen LogP contribution in [0.1, 0.15) is 58.9 Å². The molecule has 0 spiro atoms. The van der Waals surface area contributed by atoms with Gasteiger partial charge in [0.1, 0.15) is 0 Å². The first-order valence-electron chi connectivity index (χ1n) is 15.5. The van der Waals surface area contributed by atoms with Gasteiger partial charge in [0.2, 0.25) is 0 Å². The highest BCUT2D eigenvalue weighted by atomic mass is 32.1. The van der Waals surface area contributed by atoms with Gasteiger partial charge in [-0.25, -0.2) is 0 Å². The largest absolute Gasteiger partial charge is 0.341 e. The zero-order valence-electron chi connectivity index (χ0n) is 26.3. The minimum atomic E-state index is 0.108. The summed E-state index contributed by atoms with van der Waals surface area (Å²) in [5, 5.41) is 0. The molecule has 6 heterocycles. The Kier molecular flexibility index (Phi) is 10.7. The highest BCUT2D eigenvalue weighted by Gasteiger charge is 2.18. The van der Waals surface area contributed by atoms with E-state index in [1.807, 2.05) is 58.7 Å². The van der Waals surface area contributed by atoms with Gasteiger partial charge >= 0.3 is 0 Å². The number of carbonyl (C=O) groups is 2. The number of amides is 2. The van der Waals surface area contributed by atoms with Crippen molar-refractivity contribution in [1.82, 2.24) is 9.80 Å². The van der Waals surface area contributed by atoms with E-state index in [2.05, 4.69) is 74.5 Å². The van der Waals surface area contributed by atoms with Crippen LogP contribution in [0, 0.1) is 0 Å². The zero-order valence-corrected chi connectivity index (χ0v) is 31.2. The van der Waals surface area contributed by atoms with Crippen LogP contribution in [0.4, 0.5) is 0 Å². The fourth-order valence-electron chi connectivity index (χ4n) is 4.95. The molecule has 10 heteroatoms. The lowest BCUT2D eigenvalue weighted by Crippen LogP contribution is -2.26. The van der Waals surface area contributed by atoms with E-state index in [9.17, 15) is 9.59 Å². The number of hydrogen-bond donors (Lipinski definition) is 0. The molecule has 0 aromatic carbocycles. The minimum absolute atomic E-state index is 0.108. The van der Waals surface area contributed by atoms with Crippen molar-refractivity contribution in [3.8, 4) is 48.8 Å². The van der Waals surface area contributed by atoms with Crippen LogP contribution >= 0.6 is 68.0 Å². The molecule has 0 atom stereocenters. The Morgan fingerprint density at radius 3 is 0.935 bits per heavy atom. The molecule has 46 heavy (non-hydrogen) atoms. The van der Waals surface area contributed by atoms with E-state index < -0.39 is 0 Å². The highest BCUT2D eigenvalue weighted by Crippen LogP contribution is 2.46. The summed E-state index contributed by atoms with van der Waals surface area (Å²) in [6.45, 7) is 5.88. The van der Waals surface area contributed by atoms with Crippen molar-refractivity contribution in [2.24, 2.45) is 0 Å². The van der Waals surface area contributed by atoms with Crippen LogP contribution in [0.15, 0.2) is 72.8 Å². The van der Waals surface area contributed by atoms with Crippen molar-refractivity contribution < 1.29 is 9.59 Å². The molecule has 238 valence electrons. The van der Waals surface area contributed by atoms with Gasteiger partial charge in [-0.15, -0.1) is 68.0 Å². The maximum absolute atomic E-state index is 12.8. The second kappa shape index (κ2) is 14.9. The van der Waals surface area contributed by atoms with E-state index in [0.717, 1.165) is 58.3 Å². The van der Waals surface area contributed by atoms with E-state index in [0.29, 0.717) is 0 Å². The van der Waals surface area contributed by atoms with E-state index in [1.165, 1.54) is 39.0 Å². The molecule has 0 aliphatic carbocycles. The van der Waals surface area contributed by atoms with Crippen LogP contribution in [0.5, 0.6) is 0 Å². The number of unbranched alkanes of at least 4 members (excludes halogenated alkanes) is 2. The lowest BCUT2D eigenvalue weighted by molar-refractivity contribution is 0.0790. The van der Waals surface area contributed by atoms with E-state index in [4.69, 9.17) is 0 Å². The van der Waals surface area contributed by atoms with Gasteiger partial charge in [-0.3, -0.25) is 9.59 Å². The number of hydrogen-bond acceptors (Lipinski definition) is 8. The Morgan fingerprint density at radius 2 is 0.674 bits per heavy atom. The minimum Gasteiger partial charge on any atom is -0.341 e. The first-order chi connectivity index (χ1) is 22.3. The zero-order chi connectivity index (χ0) is 32.2. The Labute approximate surface area is 295 Å². The van der Waals surface area contributed by atoms with Gasteiger partial charge in [0.05, 0.1) is 9.75 Å². The smallest absolute Gasteiger partial charge is 0.263 e. The van der Waals surface area contributed by atoms with Gasteiger partial charge in [0, 0.05) is 76.0 Å². The summed E-state index contributed by atoms with van der Waals surface area (Å²) < 4.78 is 0. The molecule has 6 rings (SSSR count). The molecule has 0 N–H and O–H groups in total. The summed E-state index contributed by atoms with van der Waals surface area (Å²) in [4.78, 5) is 43.1. The van der Waals surface area contributed by atoms with Crippen LogP contribution in [0.25, 0.3) is 48.8 Å². The summed E-state index contributed by atoms with van der Waals surface area (Å²) in [5.41, 5.74) is 0. The second-order valence-corrected chi connectivity index (χ2v) is 17.6. The van der Waals surface area contributed by atoms with E-state index >= 15 is 0 Å². The fourth-order valence-corrected chi connectivity index (χ4v) is 11.4. The standard InChI is InChI=1S/C36H36N2O2S6/c1-5-7-21-37(3)35(39)33-19-17-31(45-33)29-15-13-27(43-29)25-11-9-23(41-25)24-10-12-26(42-24)28-14-16-30(44-28)32-18-20-34(46-32)36(40)38(4)22-8-6-2/h9-20H,5-8,21-22H2,1-4H3. The molecule has 2 amide bonds. The average Bonchev–Trinajstić information content (AvgIpc) is 3.89. The van der Waals surface area contributed by atoms with Gasteiger partial charge in [-0.05, 0) is 85.6 Å². The SMILES string of the molecule is CCCCN(C)C(=O)c1ccc(-c2ccc(-c3ccc(-c4ccc(-c5ccc(-c6ccc(C(=O)N(C)CCCC)s6)s5)s4)s3)s2)s1. The number of rotatable bonds is 13. The van der Waals surface area contributed by atoms with Crippen molar-refractivity contribution in [3.63, 3.8) is 0 Å². The Bertz CT molecular complexity index is 1790. The van der Waals surface area contributed by atoms with Gasteiger partial charge < -0.3 is 9.80 Å². The van der Waals surface area contributed by atoms with Crippen molar-refractivity contribution in [2.45, 2.75) is 39.5 Å². The molecule has 0 saturated heterocycles. The van der Waals surface area contributed by atoms with Crippen molar-refractivity contribution in [1.29, 1.82) is 0 Å². The molecule has 6 aromatic heterocycles. The fraction of sp³-hybridized carbons (Fsp3) is 0.278. The molecule has 0 aliphatic heterocycles. The number of thiophene rings is 6. The first-order valence-corrected chi connectivity index (χ1v) is 20.4. The number of nitrogens with zero attached hydrogens (tertiary/aromatic N) is 2. The molecule has 0 aliphatic rings. The first kappa shape index (κ1) is 33.1. The predicted octanol–water partition coefficient (Wildman–Crippen LogP) is 12.1. The maximum Gasteiger partial charge on any atom is 0.263 e. The molecule has 0 fully saturated rings. The van der Waals surface area contributed by atoms with Crippen molar-refractivity contribution in [3.05, 3.63) is 82.6 Å². The Morgan fingerprint density at radius 1 is 0.435 bits per heavy atom. The van der Waals surface area contributed by atoms with Gasteiger partial charge in [-0.2, -0.15) is 0 Å². The topological polar surface area (TPSA) is 40.6 Å². The lowest BCUT2D eigenvalue weighted by atomic mass is 10.3. The summed E-state index contributed by atoms with van der Waals surface area (Å²) >= 11 is 10.4. The molecular weight excluding hydrogens is 685 g/mol. The van der Waals surface area contributed by atoms with Crippen LogP contribution in [0.3, 0.4) is 0 Å². The third kappa shape index (κ3) is 7.32. The van der Waals surface area contributed by atoms with Crippen LogP contribution < -0.4 is 0 Å². The normalized spacial score (nSPS) is 11.3. The highest BCUT2D eigenvalue weighted by molar-refractivity contribution is 7.30. The molecule has 0 saturated carbocycles. The van der Waals surface area contributed by atoms with Crippen LogP contribution in [0.2, 0.25) is 0 Å². The molecular formula is C36H36N2O2S6. The average molecular weight is 721 g/mol. The van der Waals surface area contributed by atoms with Crippen LogP contribution in [-0.4, -0.2) is 48.8 Å². The summed E-state index contributed by atoms with van der Waals surface area (Å²) in [7, 11) is 3.78. The Hall–Kier alpha value is -2.86. The monoisotopic (exact) mass is 720 g/mol. The number of carbonyl (C=O) groups excluding carboxylic acids is 2. The van der Waals surface area contributed by atoms with Crippen LogP contribution in [-0.2, 0) is 0 Å². The molecule has 4 nitrogen and oxygen atoms in total. The molecule has 0 unspecified atom stereocenters. The summed E-state index contributed by atoms with van der Waals surface area (Å²) in [6, 6.07) is 25.7. The van der Waals surface area contributed by atoms with Crippen molar-refractivity contribution in [2.75, 3.05) is 27.2 Å². The van der Waals surface area contributed by atoms with Gasteiger partial charge in [-0.1, -0.05) is 26.7 Å².